The van der Waals surface area contributed by atoms with E-state index in [1.807, 2.05) is 12.4 Å². The molecule has 0 radical (unpaired) electrons. The van der Waals surface area contributed by atoms with Crippen molar-refractivity contribution in [2.45, 2.75) is 13.5 Å². The molecule has 0 amide bonds. The molecule has 3 nitrogen and oxygen atoms in total. The van der Waals surface area contributed by atoms with Gasteiger partial charge < -0.3 is 5.32 Å². The van der Waals surface area contributed by atoms with Crippen LogP contribution in [-0.2, 0) is 6.54 Å². The highest BCUT2D eigenvalue weighted by Crippen LogP contribution is 2.10. The monoisotopic (exact) mass is 213 g/mol. The van der Waals surface area contributed by atoms with Crippen molar-refractivity contribution in [1.29, 1.82) is 0 Å². The van der Waals surface area contributed by atoms with Crippen LogP contribution in [0.3, 0.4) is 0 Å². The maximum Gasteiger partial charge on any atom is 0.0543 e. The Bertz CT molecular complexity index is 468. The van der Waals surface area contributed by atoms with Gasteiger partial charge in [-0.05, 0) is 19.1 Å². The average Bonchev–Trinajstić information content (AvgIpc) is 2.76. The summed E-state index contributed by atoms with van der Waals surface area (Å²) in [5.41, 5.74) is 3.53. The maximum atomic E-state index is 4.12. The first-order valence-corrected chi connectivity index (χ1v) is 5.24. The van der Waals surface area contributed by atoms with Crippen molar-refractivity contribution < 1.29 is 0 Å². The van der Waals surface area contributed by atoms with Gasteiger partial charge in [0, 0.05) is 30.2 Å². The minimum Gasteiger partial charge on any atom is -0.381 e. The van der Waals surface area contributed by atoms with Crippen molar-refractivity contribution in [1.82, 2.24) is 9.78 Å². The first-order valence-electron chi connectivity index (χ1n) is 5.24. The Hall–Kier alpha value is -2.03. The van der Waals surface area contributed by atoms with Crippen molar-refractivity contribution >= 4 is 11.9 Å². The maximum absolute atomic E-state index is 4.12. The first kappa shape index (κ1) is 10.5. The fourth-order valence-electron chi connectivity index (χ4n) is 1.44. The normalized spacial score (nSPS) is 10.1. The Labute approximate surface area is 95.4 Å². The molecule has 0 saturated heterocycles. The van der Waals surface area contributed by atoms with Gasteiger partial charge in [-0.15, -0.1) is 0 Å². The Morgan fingerprint density at radius 2 is 2.12 bits per heavy atom. The molecular weight excluding hydrogens is 198 g/mol. The zero-order valence-corrected chi connectivity index (χ0v) is 9.35. The third-order valence-electron chi connectivity index (χ3n) is 2.39. The predicted molar refractivity (Wildman–Crippen MR) is 67.1 cm³/mol. The van der Waals surface area contributed by atoms with E-state index in [2.05, 4.69) is 48.2 Å². The van der Waals surface area contributed by atoms with Crippen LogP contribution in [0.5, 0.6) is 0 Å². The summed E-state index contributed by atoms with van der Waals surface area (Å²) in [5.74, 6) is 0. The van der Waals surface area contributed by atoms with Gasteiger partial charge in [0.25, 0.3) is 0 Å². The number of benzene rings is 1. The van der Waals surface area contributed by atoms with E-state index in [-0.39, 0.29) is 0 Å². The Morgan fingerprint density at radius 1 is 1.38 bits per heavy atom. The van der Waals surface area contributed by atoms with E-state index in [0.29, 0.717) is 0 Å². The minimum atomic E-state index is 0.775. The van der Waals surface area contributed by atoms with Gasteiger partial charge in [0.2, 0.25) is 0 Å². The molecule has 1 heterocycles. The summed E-state index contributed by atoms with van der Waals surface area (Å²) in [6.45, 7) is 6.51. The molecule has 0 aliphatic heterocycles. The van der Waals surface area contributed by atoms with Crippen molar-refractivity contribution in [2.24, 2.45) is 0 Å². The van der Waals surface area contributed by atoms with E-state index in [4.69, 9.17) is 0 Å². The molecule has 1 aromatic carbocycles. The van der Waals surface area contributed by atoms with Crippen molar-refractivity contribution in [3.05, 3.63) is 54.4 Å². The fourth-order valence-corrected chi connectivity index (χ4v) is 1.44. The summed E-state index contributed by atoms with van der Waals surface area (Å²) in [7, 11) is 0. The molecule has 0 aliphatic rings. The molecule has 3 heteroatoms. The largest absolute Gasteiger partial charge is 0.381 e. The van der Waals surface area contributed by atoms with Gasteiger partial charge in [-0.1, -0.05) is 24.3 Å². The van der Waals surface area contributed by atoms with Crippen molar-refractivity contribution in [2.75, 3.05) is 5.32 Å². The van der Waals surface area contributed by atoms with E-state index in [1.54, 1.807) is 10.9 Å². The number of nitrogens with one attached hydrogen (secondary N) is 1. The zero-order chi connectivity index (χ0) is 11.4. The van der Waals surface area contributed by atoms with Crippen LogP contribution in [-0.4, -0.2) is 9.78 Å². The second-order valence-corrected chi connectivity index (χ2v) is 3.73. The van der Waals surface area contributed by atoms with Gasteiger partial charge in [0.15, 0.2) is 0 Å². The molecule has 16 heavy (non-hydrogen) atoms. The van der Waals surface area contributed by atoms with Crippen LogP contribution < -0.4 is 5.32 Å². The van der Waals surface area contributed by atoms with Crippen LogP contribution >= 0.6 is 0 Å². The SMILES string of the molecule is C=Cn1cc(CNc2ccc(C)cc2)cn1. The van der Waals surface area contributed by atoms with Crippen LogP contribution in [0.25, 0.3) is 6.20 Å². The zero-order valence-electron chi connectivity index (χ0n) is 9.35. The van der Waals surface area contributed by atoms with Gasteiger partial charge in [-0.25, -0.2) is 4.68 Å². The second-order valence-electron chi connectivity index (χ2n) is 3.73. The highest BCUT2D eigenvalue weighted by molar-refractivity contribution is 5.44. The van der Waals surface area contributed by atoms with E-state index >= 15 is 0 Å². The van der Waals surface area contributed by atoms with Gasteiger partial charge in [0.1, 0.15) is 0 Å². The fraction of sp³-hybridized carbons (Fsp3) is 0.154. The summed E-state index contributed by atoms with van der Waals surface area (Å²) < 4.78 is 1.70. The highest BCUT2D eigenvalue weighted by atomic mass is 15.2. The lowest BCUT2D eigenvalue weighted by Gasteiger charge is -2.04. The van der Waals surface area contributed by atoms with Crippen LogP contribution in [0.15, 0.2) is 43.2 Å². The lowest BCUT2D eigenvalue weighted by atomic mass is 10.2. The van der Waals surface area contributed by atoms with E-state index in [0.717, 1.165) is 17.8 Å². The molecule has 0 saturated carbocycles. The van der Waals surface area contributed by atoms with Gasteiger partial charge >= 0.3 is 0 Å². The molecular formula is C13H15N3. The van der Waals surface area contributed by atoms with E-state index < -0.39 is 0 Å². The summed E-state index contributed by atoms with van der Waals surface area (Å²) in [6.07, 6.45) is 5.46. The predicted octanol–water partition coefficient (Wildman–Crippen LogP) is 2.90. The minimum absolute atomic E-state index is 0.775. The first-order chi connectivity index (χ1) is 7.78. The number of hydrogen-bond acceptors (Lipinski definition) is 2. The van der Waals surface area contributed by atoms with Crippen molar-refractivity contribution in [3.8, 4) is 0 Å². The van der Waals surface area contributed by atoms with E-state index in [9.17, 15) is 0 Å². The third kappa shape index (κ3) is 2.51. The van der Waals surface area contributed by atoms with Gasteiger partial charge in [-0.3, -0.25) is 0 Å². The summed E-state index contributed by atoms with van der Waals surface area (Å²) in [5, 5.41) is 7.46. The summed E-state index contributed by atoms with van der Waals surface area (Å²) in [4.78, 5) is 0. The lowest BCUT2D eigenvalue weighted by molar-refractivity contribution is 0.936. The molecule has 0 atom stereocenters. The summed E-state index contributed by atoms with van der Waals surface area (Å²) >= 11 is 0. The van der Waals surface area contributed by atoms with Crippen LogP contribution in [0.2, 0.25) is 0 Å². The van der Waals surface area contributed by atoms with Crippen LogP contribution in [0, 0.1) is 6.92 Å². The molecule has 0 spiro atoms. The van der Waals surface area contributed by atoms with Gasteiger partial charge in [-0.2, -0.15) is 5.10 Å². The molecule has 1 N–H and O–H groups in total. The number of aryl methyl sites for hydroxylation is 1. The second kappa shape index (κ2) is 4.66. The smallest absolute Gasteiger partial charge is 0.0543 e. The van der Waals surface area contributed by atoms with Gasteiger partial charge in [0.05, 0.1) is 6.20 Å². The lowest BCUT2D eigenvalue weighted by Crippen LogP contribution is -1.97. The third-order valence-corrected chi connectivity index (χ3v) is 2.39. The molecule has 2 rings (SSSR count). The molecule has 1 aromatic heterocycles. The van der Waals surface area contributed by atoms with Crippen molar-refractivity contribution in [3.63, 3.8) is 0 Å². The van der Waals surface area contributed by atoms with Crippen LogP contribution in [0.4, 0.5) is 5.69 Å². The number of anilines is 1. The Balaban J connectivity index is 1.96. The summed E-state index contributed by atoms with van der Waals surface area (Å²) in [6, 6.07) is 8.34. The topological polar surface area (TPSA) is 29.9 Å². The number of rotatable bonds is 4. The Morgan fingerprint density at radius 3 is 2.75 bits per heavy atom. The standard InChI is InChI=1S/C13H15N3/c1-3-16-10-12(9-15-16)8-14-13-6-4-11(2)5-7-13/h3-7,9-10,14H,1,8H2,2H3. The molecule has 82 valence electrons. The average molecular weight is 213 g/mol. The quantitative estimate of drug-likeness (QED) is 0.846. The molecule has 0 aliphatic carbocycles. The van der Waals surface area contributed by atoms with E-state index in [1.165, 1.54) is 5.56 Å². The number of aromatic nitrogens is 2. The number of nitrogens with zero attached hydrogens (tertiary/aromatic N) is 2. The highest BCUT2D eigenvalue weighted by Gasteiger charge is 1.96. The molecule has 0 bridgehead atoms. The molecule has 0 unspecified atom stereocenters. The Kier molecular flexibility index (Phi) is 3.05. The number of hydrogen-bond donors (Lipinski definition) is 1. The molecule has 0 fully saturated rings. The molecule has 2 aromatic rings. The van der Waals surface area contributed by atoms with Crippen LogP contribution in [0.1, 0.15) is 11.1 Å².